The Hall–Kier alpha value is -3.20. The van der Waals surface area contributed by atoms with E-state index < -0.39 is 9.84 Å². The van der Waals surface area contributed by atoms with Crippen molar-refractivity contribution in [2.24, 2.45) is 0 Å². The lowest BCUT2D eigenvalue weighted by molar-refractivity contribution is 0.207. The van der Waals surface area contributed by atoms with Crippen LogP contribution in [-0.4, -0.2) is 53.0 Å². The highest BCUT2D eigenvalue weighted by Crippen LogP contribution is 2.45. The Balaban J connectivity index is 1.25. The summed E-state index contributed by atoms with van der Waals surface area (Å²) in [6.45, 7) is 9.80. The van der Waals surface area contributed by atoms with Crippen molar-refractivity contribution >= 4 is 15.9 Å². The largest absolute Gasteiger partial charge is 0.334 e. The van der Waals surface area contributed by atoms with Crippen LogP contribution in [0, 0.1) is 0 Å². The second-order valence-electron chi connectivity index (χ2n) is 13.0. The van der Waals surface area contributed by atoms with Gasteiger partial charge in [0.15, 0.2) is 9.84 Å². The van der Waals surface area contributed by atoms with Crippen molar-refractivity contribution < 1.29 is 13.2 Å². The van der Waals surface area contributed by atoms with Crippen LogP contribution in [0.5, 0.6) is 0 Å². The molecule has 2 aliphatic carbocycles. The Morgan fingerprint density at radius 3 is 2.29 bits per heavy atom. The van der Waals surface area contributed by atoms with Crippen molar-refractivity contribution in [3.05, 3.63) is 76.9 Å². The number of likely N-dealkylation sites (tertiary alicyclic amines) is 1. The minimum atomic E-state index is -3.25. The Morgan fingerprint density at radius 1 is 0.976 bits per heavy atom. The number of rotatable bonds is 8. The first-order valence-electron chi connectivity index (χ1n) is 14.9. The molecule has 3 aliphatic rings. The number of hydrogen-bond donors (Lipinski definition) is 1. The smallest absolute Gasteiger partial charge is 0.317 e. The van der Waals surface area contributed by atoms with Crippen molar-refractivity contribution in [2.75, 3.05) is 18.8 Å². The van der Waals surface area contributed by atoms with Gasteiger partial charge < -0.3 is 10.2 Å². The van der Waals surface area contributed by atoms with Crippen LogP contribution in [0.25, 0.3) is 0 Å². The van der Waals surface area contributed by atoms with Crippen molar-refractivity contribution in [1.29, 1.82) is 0 Å². The van der Waals surface area contributed by atoms with Gasteiger partial charge >= 0.3 is 6.03 Å². The second-order valence-corrected chi connectivity index (χ2v) is 15.3. The lowest BCUT2D eigenvalue weighted by Gasteiger charge is -2.23. The Morgan fingerprint density at radius 2 is 1.66 bits per heavy atom. The van der Waals surface area contributed by atoms with Gasteiger partial charge in [0.2, 0.25) is 0 Å². The molecule has 1 N–H and O–H groups in total. The van der Waals surface area contributed by atoms with E-state index in [2.05, 4.69) is 55.2 Å². The molecule has 2 atom stereocenters. The molecule has 6 rings (SSSR count). The number of carbonyl (C=O) groups is 1. The standard InChI is InChI=1S/C32H41N5O3S/c1-5-41(39,40)24-15-9-21(10-16-24)17-33-31(38)36-18-25(26(19-36)29-8-6-7-28(34-29)22-11-12-22)27-20-37(23-13-14-23)35-30(27)32(2,3)4/h6-10,15-16,20,22-23,25-26H,5,11-14,17-19H2,1-4H3,(H,33,38). The number of nitrogens with one attached hydrogen (secondary N) is 1. The average molecular weight is 576 g/mol. The van der Waals surface area contributed by atoms with Gasteiger partial charge in [-0.3, -0.25) is 9.67 Å². The number of amides is 2. The van der Waals surface area contributed by atoms with E-state index in [9.17, 15) is 13.2 Å². The molecule has 0 bridgehead atoms. The van der Waals surface area contributed by atoms with Crippen LogP contribution in [0.15, 0.2) is 53.6 Å². The monoisotopic (exact) mass is 575 g/mol. The third kappa shape index (κ3) is 5.92. The zero-order valence-electron chi connectivity index (χ0n) is 24.5. The fourth-order valence-electron chi connectivity index (χ4n) is 5.92. The van der Waals surface area contributed by atoms with Crippen molar-refractivity contribution in [3.8, 4) is 0 Å². The van der Waals surface area contributed by atoms with Crippen LogP contribution in [0.2, 0.25) is 0 Å². The highest BCUT2D eigenvalue weighted by atomic mass is 32.2. The molecule has 2 amide bonds. The zero-order valence-corrected chi connectivity index (χ0v) is 25.3. The van der Waals surface area contributed by atoms with E-state index in [1.165, 1.54) is 36.9 Å². The lowest BCUT2D eigenvalue weighted by Crippen LogP contribution is -2.38. The lowest BCUT2D eigenvalue weighted by atomic mass is 9.80. The first-order chi connectivity index (χ1) is 19.5. The highest BCUT2D eigenvalue weighted by molar-refractivity contribution is 7.91. The summed E-state index contributed by atoms with van der Waals surface area (Å²) in [5.41, 5.74) is 5.32. The number of hydrogen-bond acceptors (Lipinski definition) is 5. The Bertz CT molecular complexity index is 1530. The summed E-state index contributed by atoms with van der Waals surface area (Å²) in [4.78, 5) is 20.9. The molecule has 0 radical (unpaired) electrons. The van der Waals surface area contributed by atoms with Gasteiger partial charge in [-0.25, -0.2) is 13.2 Å². The van der Waals surface area contributed by atoms with Crippen LogP contribution in [0.3, 0.4) is 0 Å². The fourth-order valence-corrected chi connectivity index (χ4v) is 6.81. The van der Waals surface area contributed by atoms with E-state index in [0.29, 0.717) is 36.5 Å². The minimum absolute atomic E-state index is 0.0648. The minimum Gasteiger partial charge on any atom is -0.334 e. The van der Waals surface area contributed by atoms with Gasteiger partial charge in [0, 0.05) is 60.4 Å². The molecule has 9 heteroatoms. The molecule has 2 aromatic heterocycles. The average Bonchev–Trinajstić information content (AvgIpc) is 3.89. The maximum atomic E-state index is 13.5. The Kier molecular flexibility index (Phi) is 7.20. The van der Waals surface area contributed by atoms with Crippen LogP contribution in [0.1, 0.15) is 105 Å². The maximum Gasteiger partial charge on any atom is 0.317 e. The first-order valence-corrected chi connectivity index (χ1v) is 16.6. The van der Waals surface area contributed by atoms with E-state index in [-0.39, 0.29) is 29.0 Å². The van der Waals surface area contributed by atoms with Crippen LogP contribution < -0.4 is 5.32 Å². The number of aromatic nitrogens is 3. The number of sulfone groups is 1. The van der Waals surface area contributed by atoms with Gasteiger partial charge in [-0.1, -0.05) is 45.9 Å². The van der Waals surface area contributed by atoms with Crippen molar-refractivity contribution in [1.82, 2.24) is 25.0 Å². The SMILES string of the molecule is CCS(=O)(=O)c1ccc(CNC(=O)N2CC(c3cccc(C4CC4)n3)C(c3cn(C4CC4)nc3C(C)(C)C)C2)cc1. The topological polar surface area (TPSA) is 97.2 Å². The number of urea groups is 1. The van der Waals surface area contributed by atoms with Gasteiger partial charge in [0.05, 0.1) is 22.4 Å². The van der Waals surface area contributed by atoms with E-state index >= 15 is 0 Å². The number of nitrogens with zero attached hydrogens (tertiary/aromatic N) is 4. The second kappa shape index (κ2) is 10.6. The first kappa shape index (κ1) is 27.9. The molecule has 1 saturated heterocycles. The fraction of sp³-hybridized carbons (Fsp3) is 0.531. The molecule has 3 fully saturated rings. The van der Waals surface area contributed by atoms with Gasteiger partial charge in [0.1, 0.15) is 0 Å². The third-order valence-corrected chi connectivity index (χ3v) is 10.4. The van der Waals surface area contributed by atoms with Crippen LogP contribution >= 0.6 is 0 Å². The Labute approximate surface area is 243 Å². The molecule has 8 nitrogen and oxygen atoms in total. The van der Waals surface area contributed by atoms with Gasteiger partial charge in [0.25, 0.3) is 0 Å². The van der Waals surface area contributed by atoms with Crippen LogP contribution in [-0.2, 0) is 21.8 Å². The van der Waals surface area contributed by atoms with E-state index in [1.807, 2.05) is 4.90 Å². The summed E-state index contributed by atoms with van der Waals surface area (Å²) >= 11 is 0. The third-order valence-electron chi connectivity index (χ3n) is 8.67. The molecule has 1 aliphatic heterocycles. The highest BCUT2D eigenvalue weighted by Gasteiger charge is 2.42. The van der Waals surface area contributed by atoms with E-state index in [0.717, 1.165) is 17.0 Å². The molecule has 3 aromatic rings. The molecular formula is C32H41N5O3S. The maximum absolute atomic E-state index is 13.5. The summed E-state index contributed by atoms with van der Waals surface area (Å²) < 4.78 is 26.5. The molecule has 1 aromatic carbocycles. The number of carbonyl (C=O) groups excluding carboxylic acids is 1. The number of benzene rings is 1. The van der Waals surface area contributed by atoms with Crippen molar-refractivity contribution in [2.45, 2.75) is 94.0 Å². The quantitative estimate of drug-likeness (QED) is 0.373. The summed E-state index contributed by atoms with van der Waals surface area (Å²) in [5.74, 6) is 0.810. The summed E-state index contributed by atoms with van der Waals surface area (Å²) in [6, 6.07) is 13.5. The normalized spacial score (nSPS) is 21.3. The molecule has 218 valence electrons. The summed E-state index contributed by atoms with van der Waals surface area (Å²) in [7, 11) is -3.25. The van der Waals surface area contributed by atoms with E-state index in [4.69, 9.17) is 10.1 Å². The predicted molar refractivity (Wildman–Crippen MR) is 159 cm³/mol. The molecular weight excluding hydrogens is 534 g/mol. The van der Waals surface area contributed by atoms with E-state index in [1.54, 1.807) is 31.2 Å². The molecule has 41 heavy (non-hydrogen) atoms. The van der Waals surface area contributed by atoms with Crippen LogP contribution in [0.4, 0.5) is 4.79 Å². The van der Waals surface area contributed by atoms with Gasteiger partial charge in [-0.15, -0.1) is 0 Å². The molecule has 0 spiro atoms. The molecule has 2 unspecified atom stereocenters. The van der Waals surface area contributed by atoms with Crippen molar-refractivity contribution in [3.63, 3.8) is 0 Å². The predicted octanol–water partition coefficient (Wildman–Crippen LogP) is 5.67. The summed E-state index contributed by atoms with van der Waals surface area (Å²) in [6.07, 6.45) is 6.99. The summed E-state index contributed by atoms with van der Waals surface area (Å²) in [5, 5.41) is 8.15. The zero-order chi connectivity index (χ0) is 28.9. The van der Waals surface area contributed by atoms with Gasteiger partial charge in [-0.2, -0.15) is 5.10 Å². The molecule has 3 heterocycles. The number of pyridine rings is 1. The van der Waals surface area contributed by atoms with Gasteiger partial charge in [-0.05, 0) is 61.1 Å². The molecule has 2 saturated carbocycles.